The number of hydrogen-bond donors (Lipinski definition) is 0. The predicted molar refractivity (Wildman–Crippen MR) is 239 cm³/mol. The van der Waals surface area contributed by atoms with Crippen LogP contribution in [-0.4, -0.2) is 9.13 Å². The van der Waals surface area contributed by atoms with Crippen LogP contribution in [-0.2, 0) is 0 Å². The Morgan fingerprint density at radius 3 is 1.49 bits per heavy atom. The van der Waals surface area contributed by atoms with Crippen LogP contribution in [0.3, 0.4) is 0 Å². The van der Waals surface area contributed by atoms with Crippen LogP contribution in [0.4, 0.5) is 0 Å². The lowest BCUT2D eigenvalue weighted by Crippen LogP contribution is -1.96. The van der Waals surface area contributed by atoms with Crippen LogP contribution in [0.2, 0.25) is 0 Å². The Kier molecular flexibility index (Phi) is 6.93. The molecule has 0 spiro atoms. The third kappa shape index (κ3) is 4.86. The van der Waals surface area contributed by atoms with Crippen molar-refractivity contribution in [3.63, 3.8) is 0 Å². The summed E-state index contributed by atoms with van der Waals surface area (Å²) in [5, 5.41) is 7.15. The molecule has 0 amide bonds. The van der Waals surface area contributed by atoms with Crippen molar-refractivity contribution in [2.24, 2.45) is 0 Å². The molecule has 0 radical (unpaired) electrons. The number of para-hydroxylation sites is 4. The molecule has 3 aromatic heterocycles. The molecule has 0 aliphatic rings. The van der Waals surface area contributed by atoms with Crippen molar-refractivity contribution in [3.05, 3.63) is 206 Å². The summed E-state index contributed by atoms with van der Waals surface area (Å²) >= 11 is 0. The molecule has 0 atom stereocenters. The summed E-state index contributed by atoms with van der Waals surface area (Å²) in [6.07, 6.45) is 0. The second-order valence-corrected chi connectivity index (χ2v) is 14.9. The minimum absolute atomic E-state index is 0.880. The molecule has 57 heavy (non-hydrogen) atoms. The fourth-order valence-electron chi connectivity index (χ4n) is 9.11. The smallest absolute Gasteiger partial charge is 0.145 e. The molecule has 0 saturated carbocycles. The SMILES string of the molecule is c1ccc(-c2ccc(-c3ccc(-n4c5ccccc5c5ccc(-c6ccc7c8ccccc8n(-c8ccccc8)c7c6)cc54)c4c3oc3ccccc34)cc2)cc1. The van der Waals surface area contributed by atoms with Gasteiger partial charge in [-0.05, 0) is 82.4 Å². The Morgan fingerprint density at radius 2 is 0.807 bits per heavy atom. The second kappa shape index (κ2) is 12.5. The average Bonchev–Trinajstić information content (AvgIpc) is 3.94. The Bertz CT molecular complexity index is 3490. The minimum Gasteiger partial charge on any atom is -0.455 e. The van der Waals surface area contributed by atoms with Gasteiger partial charge in [-0.1, -0.05) is 152 Å². The van der Waals surface area contributed by atoms with Gasteiger partial charge in [-0.25, -0.2) is 0 Å². The number of hydrogen-bond acceptors (Lipinski definition) is 1. The molecule has 12 rings (SSSR count). The highest BCUT2D eigenvalue weighted by atomic mass is 16.3. The van der Waals surface area contributed by atoms with E-state index in [0.717, 1.165) is 55.5 Å². The minimum atomic E-state index is 0.880. The number of benzene rings is 9. The maximum atomic E-state index is 6.81. The first-order chi connectivity index (χ1) is 28.3. The number of furan rings is 1. The number of aromatic nitrogens is 2. The molecule has 3 heterocycles. The zero-order chi connectivity index (χ0) is 37.5. The van der Waals surface area contributed by atoms with Gasteiger partial charge in [0, 0.05) is 38.2 Å². The van der Waals surface area contributed by atoms with Gasteiger partial charge < -0.3 is 13.6 Å². The van der Waals surface area contributed by atoms with Gasteiger partial charge in [-0.2, -0.15) is 0 Å². The van der Waals surface area contributed by atoms with Crippen LogP contribution in [0.25, 0.3) is 110 Å². The van der Waals surface area contributed by atoms with Crippen LogP contribution < -0.4 is 0 Å². The first-order valence-corrected chi connectivity index (χ1v) is 19.5. The van der Waals surface area contributed by atoms with Gasteiger partial charge >= 0.3 is 0 Å². The van der Waals surface area contributed by atoms with E-state index < -0.39 is 0 Å². The maximum absolute atomic E-state index is 6.81. The van der Waals surface area contributed by atoms with Gasteiger partial charge in [0.2, 0.25) is 0 Å². The maximum Gasteiger partial charge on any atom is 0.145 e. The molecule has 0 saturated heterocycles. The number of nitrogens with zero attached hydrogens (tertiary/aromatic N) is 2. The van der Waals surface area contributed by atoms with E-state index in [1.807, 2.05) is 0 Å². The highest BCUT2D eigenvalue weighted by Crippen LogP contribution is 2.44. The van der Waals surface area contributed by atoms with E-state index in [4.69, 9.17) is 4.42 Å². The van der Waals surface area contributed by atoms with E-state index in [1.165, 1.54) is 54.8 Å². The Morgan fingerprint density at radius 1 is 0.316 bits per heavy atom. The van der Waals surface area contributed by atoms with E-state index in [1.54, 1.807) is 0 Å². The van der Waals surface area contributed by atoms with Crippen molar-refractivity contribution in [1.29, 1.82) is 0 Å². The zero-order valence-electron chi connectivity index (χ0n) is 30.9. The van der Waals surface area contributed by atoms with Crippen LogP contribution in [0.5, 0.6) is 0 Å². The quantitative estimate of drug-likeness (QED) is 0.173. The first kappa shape index (κ1) is 31.7. The van der Waals surface area contributed by atoms with Gasteiger partial charge in [-0.3, -0.25) is 0 Å². The number of fused-ring (bicyclic) bond motifs is 9. The summed E-state index contributed by atoms with van der Waals surface area (Å²) < 4.78 is 11.6. The molecular formula is C54H34N2O. The average molecular weight is 727 g/mol. The monoisotopic (exact) mass is 726 g/mol. The standard InChI is InChI=1S/C54H34N2O/c1-3-13-35(14-4-1)36-23-25-37(26-24-36)41-31-32-49(53-46-19-9-12-22-52(46)57-54(41)53)56-48-21-11-8-18-43(48)45-30-28-39(34-51(45)56)38-27-29-44-42-17-7-10-20-47(42)55(50(44)33-38)40-15-5-2-6-16-40/h1-34H. The van der Waals surface area contributed by atoms with E-state index in [2.05, 4.69) is 215 Å². The Hall–Kier alpha value is -7.62. The second-order valence-electron chi connectivity index (χ2n) is 14.9. The molecule has 0 aliphatic carbocycles. The largest absolute Gasteiger partial charge is 0.455 e. The van der Waals surface area contributed by atoms with Crippen LogP contribution in [0.15, 0.2) is 211 Å². The Balaban J connectivity index is 1.08. The number of rotatable bonds is 5. The highest BCUT2D eigenvalue weighted by molar-refractivity contribution is 6.17. The van der Waals surface area contributed by atoms with Gasteiger partial charge in [0.25, 0.3) is 0 Å². The normalized spacial score (nSPS) is 11.9. The molecule has 0 unspecified atom stereocenters. The van der Waals surface area contributed by atoms with Crippen molar-refractivity contribution < 1.29 is 4.42 Å². The van der Waals surface area contributed by atoms with Gasteiger partial charge in [0.05, 0.1) is 33.1 Å². The molecule has 0 bridgehead atoms. The van der Waals surface area contributed by atoms with Gasteiger partial charge in [0.1, 0.15) is 11.2 Å². The van der Waals surface area contributed by atoms with E-state index in [0.29, 0.717) is 0 Å². The summed E-state index contributed by atoms with van der Waals surface area (Å²) in [6, 6.07) is 74.3. The van der Waals surface area contributed by atoms with Crippen molar-refractivity contribution >= 4 is 65.6 Å². The van der Waals surface area contributed by atoms with Crippen LogP contribution >= 0.6 is 0 Å². The van der Waals surface area contributed by atoms with Gasteiger partial charge in [0.15, 0.2) is 0 Å². The molecule has 0 fully saturated rings. The summed E-state index contributed by atoms with van der Waals surface area (Å²) in [4.78, 5) is 0. The highest BCUT2D eigenvalue weighted by Gasteiger charge is 2.21. The lowest BCUT2D eigenvalue weighted by atomic mass is 9.98. The van der Waals surface area contributed by atoms with Crippen molar-refractivity contribution in [2.45, 2.75) is 0 Å². The summed E-state index contributed by atoms with van der Waals surface area (Å²) in [7, 11) is 0. The van der Waals surface area contributed by atoms with E-state index in [9.17, 15) is 0 Å². The summed E-state index contributed by atoms with van der Waals surface area (Å²) in [6.45, 7) is 0. The molecule has 9 aromatic carbocycles. The van der Waals surface area contributed by atoms with E-state index in [-0.39, 0.29) is 0 Å². The lowest BCUT2D eigenvalue weighted by Gasteiger charge is -2.13. The first-order valence-electron chi connectivity index (χ1n) is 19.5. The third-order valence-corrected chi connectivity index (χ3v) is 11.7. The fraction of sp³-hybridized carbons (Fsp3) is 0. The van der Waals surface area contributed by atoms with Crippen LogP contribution in [0, 0.1) is 0 Å². The molecule has 12 aromatic rings. The molecular weight excluding hydrogens is 693 g/mol. The van der Waals surface area contributed by atoms with Gasteiger partial charge in [-0.15, -0.1) is 0 Å². The fourth-order valence-corrected chi connectivity index (χ4v) is 9.11. The Labute approximate surface area is 328 Å². The van der Waals surface area contributed by atoms with Crippen LogP contribution in [0.1, 0.15) is 0 Å². The summed E-state index contributed by atoms with van der Waals surface area (Å²) in [5.41, 5.74) is 15.7. The molecule has 0 N–H and O–H groups in total. The molecule has 3 nitrogen and oxygen atoms in total. The molecule has 266 valence electrons. The third-order valence-electron chi connectivity index (χ3n) is 11.7. The van der Waals surface area contributed by atoms with E-state index >= 15 is 0 Å². The summed E-state index contributed by atoms with van der Waals surface area (Å²) in [5.74, 6) is 0. The van der Waals surface area contributed by atoms with Crippen molar-refractivity contribution in [3.8, 4) is 44.8 Å². The van der Waals surface area contributed by atoms with Crippen molar-refractivity contribution in [1.82, 2.24) is 9.13 Å². The van der Waals surface area contributed by atoms with Crippen molar-refractivity contribution in [2.75, 3.05) is 0 Å². The lowest BCUT2D eigenvalue weighted by molar-refractivity contribution is 0.670. The molecule has 0 aliphatic heterocycles. The molecule has 3 heteroatoms. The predicted octanol–water partition coefficient (Wildman–Crippen LogP) is 14.8. The topological polar surface area (TPSA) is 23.0 Å². The zero-order valence-corrected chi connectivity index (χ0v) is 30.9.